The molecule has 0 aliphatic rings. The molecule has 1 heterocycles. The molecule has 116 valence electrons. The van der Waals surface area contributed by atoms with E-state index in [0.29, 0.717) is 16.8 Å². The molecule has 6 heteroatoms. The molecule has 2 aromatic carbocycles. The number of benzene rings is 2. The molecule has 0 aliphatic heterocycles. The molecule has 1 aromatic heterocycles. The van der Waals surface area contributed by atoms with E-state index in [2.05, 4.69) is 15.5 Å². The first kappa shape index (κ1) is 14.8. The van der Waals surface area contributed by atoms with Crippen LogP contribution in [0.1, 0.15) is 10.4 Å². The Bertz CT molecular complexity index is 842. The van der Waals surface area contributed by atoms with Crippen LogP contribution in [0.3, 0.4) is 0 Å². The molecule has 0 aliphatic carbocycles. The number of amides is 2. The first-order valence-corrected chi connectivity index (χ1v) is 7.17. The van der Waals surface area contributed by atoms with Crippen molar-refractivity contribution < 1.29 is 9.59 Å². The third kappa shape index (κ3) is 3.21. The third-order valence-corrected chi connectivity index (χ3v) is 3.49. The number of hydrogen-bond acceptors (Lipinski definition) is 3. The van der Waals surface area contributed by atoms with Crippen LogP contribution < -0.4 is 5.32 Å². The van der Waals surface area contributed by atoms with Gasteiger partial charge in [0.2, 0.25) is 5.91 Å². The van der Waals surface area contributed by atoms with Gasteiger partial charge in [0.15, 0.2) is 0 Å². The zero-order valence-electron chi connectivity index (χ0n) is 12.6. The second-order valence-corrected chi connectivity index (χ2v) is 5.22. The summed E-state index contributed by atoms with van der Waals surface area (Å²) in [7, 11) is 1.60. The fourth-order valence-corrected chi connectivity index (χ4v) is 2.36. The topological polar surface area (TPSA) is 78.1 Å². The maximum atomic E-state index is 12.5. The molecule has 0 fully saturated rings. The van der Waals surface area contributed by atoms with Crippen LogP contribution in [0.5, 0.6) is 0 Å². The number of nitrogens with one attached hydrogen (secondary N) is 2. The second-order valence-electron chi connectivity index (χ2n) is 5.22. The van der Waals surface area contributed by atoms with Gasteiger partial charge >= 0.3 is 0 Å². The van der Waals surface area contributed by atoms with Crippen LogP contribution in [0, 0.1) is 0 Å². The quantitative estimate of drug-likeness (QED) is 0.776. The lowest BCUT2D eigenvalue weighted by atomic mass is 10.1. The smallest absolute Gasteiger partial charge is 0.256 e. The first-order valence-electron chi connectivity index (χ1n) is 7.17. The molecule has 6 nitrogen and oxygen atoms in total. The predicted octanol–water partition coefficient (Wildman–Crippen LogP) is 2.27. The number of rotatable bonds is 4. The molecule has 0 bridgehead atoms. The Morgan fingerprint density at radius 2 is 1.91 bits per heavy atom. The van der Waals surface area contributed by atoms with E-state index in [9.17, 15) is 9.59 Å². The van der Waals surface area contributed by atoms with Crippen molar-refractivity contribution >= 4 is 28.4 Å². The summed E-state index contributed by atoms with van der Waals surface area (Å²) in [6.45, 7) is -0.0295. The zero-order valence-corrected chi connectivity index (χ0v) is 12.6. The summed E-state index contributed by atoms with van der Waals surface area (Å²) >= 11 is 0. The van der Waals surface area contributed by atoms with Gasteiger partial charge in [-0.3, -0.25) is 14.7 Å². The lowest BCUT2D eigenvalue weighted by Crippen LogP contribution is -2.35. The lowest BCUT2D eigenvalue weighted by Gasteiger charge is -2.17. The van der Waals surface area contributed by atoms with Gasteiger partial charge in [-0.1, -0.05) is 30.3 Å². The summed E-state index contributed by atoms with van der Waals surface area (Å²) in [5.74, 6) is -0.480. The van der Waals surface area contributed by atoms with Gasteiger partial charge in [-0.15, -0.1) is 0 Å². The van der Waals surface area contributed by atoms with Crippen molar-refractivity contribution in [1.82, 2.24) is 15.1 Å². The fourth-order valence-electron chi connectivity index (χ4n) is 2.36. The summed E-state index contributed by atoms with van der Waals surface area (Å²) in [6, 6.07) is 14.5. The van der Waals surface area contributed by atoms with E-state index < -0.39 is 0 Å². The standard InChI is InChI=1S/C17H16N4O2/c1-21(11-15(22)19-13-7-3-2-4-8-13)17(23)14-9-5-6-12-10-18-20-16(12)14/h2-10H,11H2,1H3,(H,18,20)(H,19,22). The Kier molecular flexibility index (Phi) is 4.05. The average Bonchev–Trinajstić information content (AvgIpc) is 3.03. The Balaban J connectivity index is 1.70. The van der Waals surface area contributed by atoms with Gasteiger partial charge in [-0.05, 0) is 18.2 Å². The SMILES string of the molecule is CN(CC(=O)Nc1ccccc1)C(=O)c1cccc2cn[nH]c12. The normalized spacial score (nSPS) is 10.5. The van der Waals surface area contributed by atoms with Crippen LogP contribution in [-0.4, -0.2) is 40.5 Å². The number of anilines is 1. The molecule has 0 unspecified atom stereocenters. The average molecular weight is 308 g/mol. The number of carbonyl (C=O) groups excluding carboxylic acids is 2. The van der Waals surface area contributed by atoms with Crippen LogP contribution in [0.4, 0.5) is 5.69 Å². The summed E-state index contributed by atoms with van der Waals surface area (Å²) in [6.07, 6.45) is 1.66. The van der Waals surface area contributed by atoms with Crippen molar-refractivity contribution in [1.29, 1.82) is 0 Å². The van der Waals surface area contributed by atoms with Crippen molar-refractivity contribution in [3.05, 3.63) is 60.3 Å². The van der Waals surface area contributed by atoms with Crippen molar-refractivity contribution in [3.8, 4) is 0 Å². The van der Waals surface area contributed by atoms with Crippen molar-refractivity contribution in [2.75, 3.05) is 18.9 Å². The molecular weight excluding hydrogens is 292 g/mol. The predicted molar refractivity (Wildman–Crippen MR) is 88.1 cm³/mol. The van der Waals surface area contributed by atoms with E-state index in [-0.39, 0.29) is 18.4 Å². The molecular formula is C17H16N4O2. The molecule has 3 rings (SSSR count). The molecule has 0 radical (unpaired) electrons. The summed E-state index contributed by atoms with van der Waals surface area (Å²) < 4.78 is 0. The van der Waals surface area contributed by atoms with Crippen molar-refractivity contribution in [3.63, 3.8) is 0 Å². The third-order valence-electron chi connectivity index (χ3n) is 3.49. The minimum Gasteiger partial charge on any atom is -0.332 e. The number of nitrogens with zero attached hydrogens (tertiary/aromatic N) is 2. The molecule has 2 amide bonds. The van der Waals surface area contributed by atoms with Crippen molar-refractivity contribution in [2.24, 2.45) is 0 Å². The van der Waals surface area contributed by atoms with Gasteiger partial charge in [0.1, 0.15) is 0 Å². The fraction of sp³-hybridized carbons (Fsp3) is 0.118. The number of likely N-dealkylation sites (N-methyl/N-ethyl adjacent to an activating group) is 1. The first-order chi connectivity index (χ1) is 11.1. The van der Waals surface area contributed by atoms with Gasteiger partial charge in [0.05, 0.1) is 23.8 Å². The number of hydrogen-bond donors (Lipinski definition) is 2. The minimum absolute atomic E-state index is 0.0295. The Labute approximate surface area is 133 Å². The Morgan fingerprint density at radius 1 is 1.13 bits per heavy atom. The lowest BCUT2D eigenvalue weighted by molar-refractivity contribution is -0.116. The van der Waals surface area contributed by atoms with Gasteiger partial charge < -0.3 is 10.2 Å². The molecule has 0 saturated heterocycles. The number of aromatic nitrogens is 2. The Morgan fingerprint density at radius 3 is 2.70 bits per heavy atom. The second kappa shape index (κ2) is 6.31. The largest absolute Gasteiger partial charge is 0.332 e. The van der Waals surface area contributed by atoms with Gasteiger partial charge in [-0.2, -0.15) is 5.10 Å². The van der Waals surface area contributed by atoms with E-state index in [1.165, 1.54) is 4.90 Å². The maximum absolute atomic E-state index is 12.5. The summed E-state index contributed by atoms with van der Waals surface area (Å²) in [5.41, 5.74) is 1.87. The summed E-state index contributed by atoms with van der Waals surface area (Å²) in [4.78, 5) is 26.0. The van der Waals surface area contributed by atoms with Crippen LogP contribution in [-0.2, 0) is 4.79 Å². The molecule has 0 saturated carbocycles. The number of para-hydroxylation sites is 2. The van der Waals surface area contributed by atoms with Crippen LogP contribution in [0.15, 0.2) is 54.7 Å². The molecule has 2 N–H and O–H groups in total. The van der Waals surface area contributed by atoms with E-state index >= 15 is 0 Å². The highest BCUT2D eigenvalue weighted by Gasteiger charge is 2.18. The van der Waals surface area contributed by atoms with E-state index in [0.717, 1.165) is 5.39 Å². The highest BCUT2D eigenvalue weighted by atomic mass is 16.2. The number of aromatic amines is 1. The zero-order chi connectivity index (χ0) is 16.2. The number of carbonyl (C=O) groups is 2. The van der Waals surface area contributed by atoms with Crippen LogP contribution in [0.25, 0.3) is 10.9 Å². The Hall–Kier alpha value is -3.15. The maximum Gasteiger partial charge on any atom is 0.256 e. The highest BCUT2D eigenvalue weighted by Crippen LogP contribution is 2.17. The summed E-state index contributed by atoms with van der Waals surface area (Å²) in [5, 5.41) is 10.4. The van der Waals surface area contributed by atoms with Gasteiger partial charge in [-0.25, -0.2) is 0 Å². The number of fused-ring (bicyclic) bond motifs is 1. The molecule has 0 spiro atoms. The van der Waals surface area contributed by atoms with Crippen LogP contribution in [0.2, 0.25) is 0 Å². The molecule has 0 atom stereocenters. The molecule has 23 heavy (non-hydrogen) atoms. The van der Waals surface area contributed by atoms with Crippen molar-refractivity contribution in [2.45, 2.75) is 0 Å². The van der Waals surface area contributed by atoms with Gasteiger partial charge in [0, 0.05) is 18.1 Å². The highest BCUT2D eigenvalue weighted by molar-refractivity contribution is 6.06. The van der Waals surface area contributed by atoms with Crippen LogP contribution >= 0.6 is 0 Å². The number of H-pyrrole nitrogens is 1. The van der Waals surface area contributed by atoms with E-state index in [1.807, 2.05) is 24.3 Å². The molecule has 3 aromatic rings. The monoisotopic (exact) mass is 308 g/mol. The van der Waals surface area contributed by atoms with E-state index in [4.69, 9.17) is 0 Å². The van der Waals surface area contributed by atoms with E-state index in [1.54, 1.807) is 37.5 Å². The minimum atomic E-state index is -0.246. The van der Waals surface area contributed by atoms with Gasteiger partial charge in [0.25, 0.3) is 5.91 Å².